The van der Waals surface area contributed by atoms with Crippen molar-refractivity contribution in [3.8, 4) is 17.2 Å². The molecule has 1 unspecified atom stereocenters. The van der Waals surface area contributed by atoms with Crippen LogP contribution in [0.25, 0.3) is 17.2 Å². The van der Waals surface area contributed by atoms with E-state index in [0.29, 0.717) is 21.6 Å². The molecule has 4 aromatic rings. The number of nitrogens with zero attached hydrogens (tertiary/aromatic N) is 1. The average molecular weight is 759 g/mol. The smallest absolute Gasteiger partial charge is 0.347 e. The van der Waals surface area contributed by atoms with E-state index in [9.17, 15) is 33.1 Å². The van der Waals surface area contributed by atoms with Crippen LogP contribution >= 0.6 is 12.2 Å². The van der Waals surface area contributed by atoms with Crippen LogP contribution in [0, 0.1) is 15.9 Å². The van der Waals surface area contributed by atoms with Crippen molar-refractivity contribution >= 4 is 63.1 Å². The van der Waals surface area contributed by atoms with Gasteiger partial charge in [0.25, 0.3) is 5.09 Å². The molecule has 0 aromatic heterocycles. The highest BCUT2D eigenvalue weighted by atomic mass is 32.2. The minimum Gasteiger partial charge on any atom is -0.426 e. The Morgan fingerprint density at radius 2 is 1.60 bits per heavy atom. The third-order valence-corrected chi connectivity index (χ3v) is 9.17. The fourth-order valence-electron chi connectivity index (χ4n) is 5.42. The van der Waals surface area contributed by atoms with Crippen LogP contribution in [0.3, 0.4) is 0 Å². The van der Waals surface area contributed by atoms with Crippen molar-refractivity contribution in [1.82, 2.24) is 0 Å². The Hall–Kier alpha value is -6.06. The molecule has 53 heavy (non-hydrogen) atoms. The first-order valence-electron chi connectivity index (χ1n) is 15.9. The monoisotopic (exact) mass is 758 g/mol. The molecule has 0 radical (unpaired) electrons. The number of carbonyl (C=O) groups is 3. The summed E-state index contributed by atoms with van der Waals surface area (Å²) in [6.07, 6.45) is 2.93. The summed E-state index contributed by atoms with van der Waals surface area (Å²) in [5.41, 5.74) is 10.00. The molecule has 4 aromatic carbocycles. The zero-order chi connectivity index (χ0) is 38.2. The number of fused-ring (bicyclic) bond motifs is 1. The Morgan fingerprint density at radius 1 is 0.906 bits per heavy atom. The Balaban J connectivity index is 1.39. The molecule has 272 valence electrons. The summed E-state index contributed by atoms with van der Waals surface area (Å²) in [6.45, 7) is 1.48. The molecule has 0 fully saturated rings. The molecule has 0 aliphatic heterocycles. The van der Waals surface area contributed by atoms with E-state index < -0.39 is 39.6 Å². The van der Waals surface area contributed by atoms with Gasteiger partial charge in [0.2, 0.25) is 0 Å². The number of nitrogens with two attached hydrogens (primary N) is 1. The lowest BCUT2D eigenvalue weighted by Gasteiger charge is -2.13. The summed E-state index contributed by atoms with van der Waals surface area (Å²) in [5.74, 6) is -3.18. The maximum absolute atomic E-state index is 14.5. The summed E-state index contributed by atoms with van der Waals surface area (Å²) in [7, 11) is -1.14. The van der Waals surface area contributed by atoms with Crippen molar-refractivity contribution in [2.75, 3.05) is 12.9 Å². The van der Waals surface area contributed by atoms with E-state index in [-0.39, 0.29) is 53.7 Å². The zero-order valence-corrected chi connectivity index (χ0v) is 29.9. The first kappa shape index (κ1) is 38.2. The van der Waals surface area contributed by atoms with E-state index in [4.69, 9.17) is 32.2 Å². The number of halogens is 1. The molecule has 1 atom stereocenters. The quantitative estimate of drug-likeness (QED) is 0.0363. The second-order valence-electron chi connectivity index (χ2n) is 11.6. The number of benzene rings is 4. The molecule has 5 rings (SSSR count). The lowest BCUT2D eigenvalue weighted by molar-refractivity contribution is -0.757. The predicted molar refractivity (Wildman–Crippen MR) is 197 cm³/mol. The molecule has 0 heterocycles. The van der Waals surface area contributed by atoms with Crippen molar-refractivity contribution in [1.29, 1.82) is 0 Å². The summed E-state index contributed by atoms with van der Waals surface area (Å²) < 4.78 is 42.8. The summed E-state index contributed by atoms with van der Waals surface area (Å²) >= 11 is 4.95. The SMILES string of the molecule is CC1=C(CC(=O)Oc2ccc(OC(=O)CCCO[N+](=O)[O-])c(C(=O)Oc3ccc(C(N)=S)cc3)c2)c2cc(F)ccc2/C1=C\c1ccc(S(C)=O)cc1. The fraction of sp³-hybridized carbons (Fsp3) is 0.158. The van der Waals surface area contributed by atoms with Crippen LogP contribution in [0.4, 0.5) is 4.39 Å². The molecule has 0 saturated carbocycles. The largest absolute Gasteiger partial charge is 0.426 e. The van der Waals surface area contributed by atoms with E-state index in [1.165, 1.54) is 42.5 Å². The number of carbonyl (C=O) groups excluding carboxylic acids is 3. The highest BCUT2D eigenvalue weighted by molar-refractivity contribution is 7.84. The molecular weight excluding hydrogens is 728 g/mol. The van der Waals surface area contributed by atoms with Crippen LogP contribution in [0.15, 0.2) is 95.4 Å². The van der Waals surface area contributed by atoms with Gasteiger partial charge in [-0.1, -0.05) is 30.4 Å². The van der Waals surface area contributed by atoms with Gasteiger partial charge in [0.1, 0.15) is 33.6 Å². The van der Waals surface area contributed by atoms with E-state index in [0.717, 1.165) is 22.3 Å². The molecule has 1 aliphatic rings. The summed E-state index contributed by atoms with van der Waals surface area (Å²) in [6, 6.07) is 21.2. The van der Waals surface area contributed by atoms with E-state index in [1.54, 1.807) is 36.6 Å². The van der Waals surface area contributed by atoms with Crippen molar-refractivity contribution in [2.24, 2.45) is 5.73 Å². The van der Waals surface area contributed by atoms with Crippen molar-refractivity contribution in [3.05, 3.63) is 134 Å². The normalized spacial score (nSPS) is 13.2. The van der Waals surface area contributed by atoms with Gasteiger partial charge in [-0.3, -0.25) is 13.8 Å². The second-order valence-corrected chi connectivity index (χ2v) is 13.4. The Bertz CT molecular complexity index is 2200. The number of thiocarbonyl (C=S) groups is 1. The fourth-order valence-corrected chi connectivity index (χ4v) is 6.07. The lowest BCUT2D eigenvalue weighted by atomic mass is 10.0. The van der Waals surface area contributed by atoms with Gasteiger partial charge in [-0.15, -0.1) is 10.1 Å². The third kappa shape index (κ3) is 9.84. The molecular formula is C38H31FN2O10S2. The Morgan fingerprint density at radius 3 is 2.26 bits per heavy atom. The van der Waals surface area contributed by atoms with Crippen LogP contribution in [-0.4, -0.2) is 45.1 Å². The lowest BCUT2D eigenvalue weighted by Crippen LogP contribution is -2.16. The number of ether oxygens (including phenoxy) is 3. The van der Waals surface area contributed by atoms with Gasteiger partial charge in [-0.2, -0.15) is 0 Å². The molecule has 2 N–H and O–H groups in total. The van der Waals surface area contributed by atoms with Crippen LogP contribution in [0.1, 0.15) is 58.8 Å². The maximum atomic E-state index is 14.5. The minimum absolute atomic E-state index is 0.0306. The Kier molecular flexibility index (Phi) is 12.2. The number of hydrogen-bond acceptors (Lipinski definition) is 11. The van der Waals surface area contributed by atoms with Gasteiger partial charge >= 0.3 is 17.9 Å². The highest BCUT2D eigenvalue weighted by Gasteiger charge is 2.27. The second kappa shape index (κ2) is 17.0. The summed E-state index contributed by atoms with van der Waals surface area (Å²) in [4.78, 5) is 54.7. The van der Waals surface area contributed by atoms with Gasteiger partial charge in [-0.25, -0.2) is 9.18 Å². The minimum atomic E-state index is -1.14. The van der Waals surface area contributed by atoms with E-state index >= 15 is 0 Å². The van der Waals surface area contributed by atoms with Gasteiger partial charge in [0.05, 0.1) is 13.0 Å². The van der Waals surface area contributed by atoms with Crippen LogP contribution in [-0.2, 0) is 25.2 Å². The molecule has 0 amide bonds. The van der Waals surface area contributed by atoms with Crippen LogP contribution < -0.4 is 19.9 Å². The first-order valence-corrected chi connectivity index (χ1v) is 17.9. The third-order valence-electron chi connectivity index (χ3n) is 8.00. The summed E-state index contributed by atoms with van der Waals surface area (Å²) in [5, 5.41) is 9.41. The van der Waals surface area contributed by atoms with Gasteiger partial charge in [-0.05, 0) is 120 Å². The van der Waals surface area contributed by atoms with E-state index in [2.05, 4.69) is 4.84 Å². The maximum Gasteiger partial charge on any atom is 0.347 e. The number of rotatable bonds is 14. The van der Waals surface area contributed by atoms with Gasteiger partial charge in [0, 0.05) is 33.9 Å². The predicted octanol–water partition coefficient (Wildman–Crippen LogP) is 6.63. The van der Waals surface area contributed by atoms with Crippen molar-refractivity contribution in [3.63, 3.8) is 0 Å². The average Bonchev–Trinajstić information content (AvgIpc) is 3.36. The van der Waals surface area contributed by atoms with Crippen molar-refractivity contribution in [2.45, 2.75) is 31.1 Å². The molecule has 0 saturated heterocycles. The number of hydrogen-bond donors (Lipinski definition) is 1. The topological polar surface area (TPSA) is 174 Å². The number of esters is 3. The molecule has 1 aliphatic carbocycles. The zero-order valence-electron chi connectivity index (χ0n) is 28.3. The van der Waals surface area contributed by atoms with Crippen molar-refractivity contribution < 1.29 is 47.1 Å². The van der Waals surface area contributed by atoms with Crippen LogP contribution in [0.2, 0.25) is 0 Å². The van der Waals surface area contributed by atoms with Gasteiger partial charge in [0.15, 0.2) is 0 Å². The molecule has 12 nitrogen and oxygen atoms in total. The first-order chi connectivity index (χ1) is 25.3. The molecule has 0 spiro atoms. The number of allylic oxidation sites excluding steroid dienone is 2. The molecule has 0 bridgehead atoms. The highest BCUT2D eigenvalue weighted by Crippen LogP contribution is 2.44. The van der Waals surface area contributed by atoms with Crippen LogP contribution in [0.5, 0.6) is 17.2 Å². The van der Waals surface area contributed by atoms with E-state index in [1.807, 2.05) is 25.1 Å². The molecule has 15 heteroatoms. The Labute approximate surface area is 310 Å². The van der Waals surface area contributed by atoms with Gasteiger partial charge < -0.3 is 24.8 Å². The standard InChI is InChI=1S/C38H31FN2O10S2/c1-22-30(18-23-5-13-28(14-6-23)53(2)47)29-15-9-25(39)19-32(29)31(22)21-36(43)49-27-12-16-34(51-35(42)4-3-17-48-41(45)46)33(20-27)38(44)50-26-10-7-24(8-11-26)37(40)52/h5-16,18-20H,3-4,17,21H2,1-2H3,(H2,40,52)/b30-18-.